The lowest BCUT2D eigenvalue weighted by Gasteiger charge is -2.10. The molecule has 0 aromatic heterocycles. The smallest absolute Gasteiger partial charge is 0.387 e. The van der Waals surface area contributed by atoms with Crippen LogP contribution in [0.1, 0.15) is 11.1 Å². The number of benzene rings is 2. The Kier molecular flexibility index (Phi) is 6.42. The Labute approximate surface area is 153 Å². The third-order valence-electron chi connectivity index (χ3n) is 3.59. The van der Waals surface area contributed by atoms with E-state index < -0.39 is 17.4 Å². The van der Waals surface area contributed by atoms with Crippen LogP contribution in [0.2, 0.25) is 0 Å². The second kappa shape index (κ2) is 8.75. The molecule has 0 bridgehead atoms. The average Bonchev–Trinajstić information content (AvgIpc) is 2.62. The first-order chi connectivity index (χ1) is 12.8. The zero-order chi connectivity index (χ0) is 20.0. The number of anilines is 1. The molecule has 1 N–H and O–H groups in total. The number of nitrogens with one attached hydrogen (secondary N) is 1. The maximum absolute atomic E-state index is 12.3. The Bertz CT molecular complexity index is 884. The van der Waals surface area contributed by atoms with Crippen LogP contribution in [-0.2, 0) is 4.79 Å². The predicted octanol–water partition coefficient (Wildman–Crippen LogP) is 4.17. The summed E-state index contributed by atoms with van der Waals surface area (Å²) in [4.78, 5) is 22.5. The van der Waals surface area contributed by atoms with Gasteiger partial charge in [-0.15, -0.1) is 0 Å². The van der Waals surface area contributed by atoms with E-state index >= 15 is 0 Å². The molecule has 0 heterocycles. The van der Waals surface area contributed by atoms with E-state index in [0.717, 1.165) is 0 Å². The number of halogens is 2. The number of hydrogen-bond acceptors (Lipinski definition) is 5. The number of rotatable bonds is 7. The van der Waals surface area contributed by atoms with Gasteiger partial charge in [0.05, 0.1) is 23.3 Å². The number of nitro benzene ring substituents is 1. The molecule has 0 aliphatic rings. The first-order valence-corrected chi connectivity index (χ1v) is 7.67. The van der Waals surface area contributed by atoms with Crippen molar-refractivity contribution in [3.8, 4) is 11.5 Å². The first kappa shape index (κ1) is 19.8. The fourth-order valence-electron chi connectivity index (χ4n) is 2.28. The standard InChI is InChI=1S/C18H16F2N2O5/c1-11-13(4-3-5-14(11)22(24)25)21-17(23)9-7-12-6-8-15(27-18(19)20)16(10-12)26-2/h3-10,18H,1-2H3,(H,21,23)/b9-7+. The number of alkyl halides is 2. The number of nitrogens with zero attached hydrogens (tertiary/aromatic N) is 1. The third kappa shape index (κ3) is 5.24. The van der Waals surface area contributed by atoms with Gasteiger partial charge < -0.3 is 14.8 Å². The molecule has 0 atom stereocenters. The molecule has 7 nitrogen and oxygen atoms in total. The fraction of sp³-hybridized carbons (Fsp3) is 0.167. The van der Waals surface area contributed by atoms with E-state index in [-0.39, 0.29) is 17.2 Å². The van der Waals surface area contributed by atoms with Crippen LogP contribution in [0.3, 0.4) is 0 Å². The minimum absolute atomic E-state index is 0.0902. The van der Waals surface area contributed by atoms with Crippen molar-refractivity contribution >= 4 is 23.4 Å². The highest BCUT2D eigenvalue weighted by Gasteiger charge is 2.14. The lowest BCUT2D eigenvalue weighted by Crippen LogP contribution is -2.09. The maximum atomic E-state index is 12.3. The van der Waals surface area contributed by atoms with Crippen LogP contribution in [0.4, 0.5) is 20.2 Å². The van der Waals surface area contributed by atoms with Gasteiger partial charge in [-0.25, -0.2) is 0 Å². The Hall–Kier alpha value is -3.49. The molecule has 0 unspecified atom stereocenters. The van der Waals surface area contributed by atoms with Gasteiger partial charge in [0.2, 0.25) is 5.91 Å². The highest BCUT2D eigenvalue weighted by atomic mass is 19.3. The van der Waals surface area contributed by atoms with Crippen molar-refractivity contribution in [3.63, 3.8) is 0 Å². The lowest BCUT2D eigenvalue weighted by atomic mass is 10.1. The molecule has 0 fully saturated rings. The summed E-state index contributed by atoms with van der Waals surface area (Å²) < 4.78 is 34.0. The maximum Gasteiger partial charge on any atom is 0.387 e. The molecule has 27 heavy (non-hydrogen) atoms. The van der Waals surface area contributed by atoms with Gasteiger partial charge in [0.1, 0.15) is 0 Å². The Morgan fingerprint density at radius 3 is 2.63 bits per heavy atom. The number of methoxy groups -OCH3 is 1. The molecule has 2 aromatic rings. The summed E-state index contributed by atoms with van der Waals surface area (Å²) in [6.45, 7) is -1.45. The minimum Gasteiger partial charge on any atom is -0.493 e. The van der Waals surface area contributed by atoms with Gasteiger partial charge in [0, 0.05) is 12.1 Å². The van der Waals surface area contributed by atoms with Crippen LogP contribution in [0.25, 0.3) is 6.08 Å². The zero-order valence-electron chi connectivity index (χ0n) is 14.4. The van der Waals surface area contributed by atoms with E-state index in [1.54, 1.807) is 6.07 Å². The van der Waals surface area contributed by atoms with Crippen molar-refractivity contribution in [2.24, 2.45) is 0 Å². The third-order valence-corrected chi connectivity index (χ3v) is 3.59. The topological polar surface area (TPSA) is 90.7 Å². The van der Waals surface area contributed by atoms with Gasteiger partial charge in [-0.1, -0.05) is 12.1 Å². The van der Waals surface area contributed by atoms with E-state index in [9.17, 15) is 23.7 Å². The highest BCUT2D eigenvalue weighted by Crippen LogP contribution is 2.30. The van der Waals surface area contributed by atoms with E-state index in [4.69, 9.17) is 4.74 Å². The molecular formula is C18H16F2N2O5. The second-order valence-corrected chi connectivity index (χ2v) is 5.32. The first-order valence-electron chi connectivity index (χ1n) is 7.67. The summed E-state index contributed by atoms with van der Waals surface area (Å²) in [5.41, 5.74) is 1.06. The molecule has 2 rings (SSSR count). The Morgan fingerprint density at radius 2 is 2.00 bits per heavy atom. The fourth-order valence-corrected chi connectivity index (χ4v) is 2.28. The number of carbonyl (C=O) groups is 1. The Balaban J connectivity index is 2.13. The van der Waals surface area contributed by atoms with E-state index in [1.165, 1.54) is 56.5 Å². The normalized spacial score (nSPS) is 10.9. The van der Waals surface area contributed by atoms with Crippen molar-refractivity contribution < 1.29 is 28.0 Å². The monoisotopic (exact) mass is 378 g/mol. The van der Waals surface area contributed by atoms with E-state index in [0.29, 0.717) is 16.8 Å². The van der Waals surface area contributed by atoms with Crippen LogP contribution < -0.4 is 14.8 Å². The van der Waals surface area contributed by atoms with Crippen LogP contribution in [0.15, 0.2) is 42.5 Å². The molecule has 0 radical (unpaired) electrons. The lowest BCUT2D eigenvalue weighted by molar-refractivity contribution is -0.385. The van der Waals surface area contributed by atoms with Crippen LogP contribution in [0.5, 0.6) is 11.5 Å². The summed E-state index contributed by atoms with van der Waals surface area (Å²) in [7, 11) is 1.30. The highest BCUT2D eigenvalue weighted by molar-refractivity contribution is 6.02. The van der Waals surface area contributed by atoms with Gasteiger partial charge in [-0.3, -0.25) is 14.9 Å². The molecule has 0 spiro atoms. The summed E-state index contributed by atoms with van der Waals surface area (Å²) in [5, 5.41) is 13.5. The largest absolute Gasteiger partial charge is 0.493 e. The number of ether oxygens (including phenoxy) is 2. The predicted molar refractivity (Wildman–Crippen MR) is 95.1 cm³/mol. The van der Waals surface area contributed by atoms with Crippen molar-refractivity contribution in [1.82, 2.24) is 0 Å². The average molecular weight is 378 g/mol. The molecule has 142 valence electrons. The molecule has 0 aliphatic heterocycles. The van der Waals surface area contributed by atoms with Crippen molar-refractivity contribution in [1.29, 1.82) is 0 Å². The second-order valence-electron chi connectivity index (χ2n) is 5.32. The minimum atomic E-state index is -2.98. The number of carbonyl (C=O) groups excluding carboxylic acids is 1. The molecule has 2 aromatic carbocycles. The molecule has 0 saturated carbocycles. The summed E-state index contributed by atoms with van der Waals surface area (Å²) in [6, 6.07) is 8.57. The van der Waals surface area contributed by atoms with Crippen molar-refractivity contribution in [3.05, 3.63) is 63.7 Å². The molecular weight excluding hydrogens is 362 g/mol. The van der Waals surface area contributed by atoms with E-state index in [1.807, 2.05) is 0 Å². The van der Waals surface area contributed by atoms with Gasteiger partial charge in [0.25, 0.3) is 5.69 Å². The number of nitro groups is 1. The number of hydrogen-bond donors (Lipinski definition) is 1. The zero-order valence-corrected chi connectivity index (χ0v) is 14.4. The van der Waals surface area contributed by atoms with Crippen molar-refractivity contribution in [2.45, 2.75) is 13.5 Å². The molecule has 9 heteroatoms. The van der Waals surface area contributed by atoms with Crippen LogP contribution in [0, 0.1) is 17.0 Å². The van der Waals surface area contributed by atoms with Crippen LogP contribution >= 0.6 is 0 Å². The quantitative estimate of drug-likeness (QED) is 0.444. The van der Waals surface area contributed by atoms with Crippen LogP contribution in [-0.4, -0.2) is 24.6 Å². The van der Waals surface area contributed by atoms with Crippen molar-refractivity contribution in [2.75, 3.05) is 12.4 Å². The van der Waals surface area contributed by atoms with E-state index in [2.05, 4.69) is 10.1 Å². The van der Waals surface area contributed by atoms with Gasteiger partial charge in [-0.2, -0.15) is 8.78 Å². The van der Waals surface area contributed by atoms with Gasteiger partial charge in [-0.05, 0) is 36.8 Å². The molecule has 1 amide bonds. The summed E-state index contributed by atoms with van der Waals surface area (Å²) in [6.07, 6.45) is 2.65. The molecule has 0 aliphatic carbocycles. The summed E-state index contributed by atoms with van der Waals surface area (Å²) in [5.74, 6) is -0.542. The summed E-state index contributed by atoms with van der Waals surface area (Å²) >= 11 is 0. The number of amides is 1. The Morgan fingerprint density at radius 1 is 1.26 bits per heavy atom. The van der Waals surface area contributed by atoms with Gasteiger partial charge in [0.15, 0.2) is 11.5 Å². The molecule has 0 saturated heterocycles. The SMILES string of the molecule is COc1cc(/C=C/C(=O)Nc2cccc([N+](=O)[O-])c2C)ccc1OC(F)F. The van der Waals surface area contributed by atoms with Gasteiger partial charge >= 0.3 is 6.61 Å².